The minimum absolute atomic E-state index is 0.00170. The Morgan fingerprint density at radius 2 is 1.56 bits per heavy atom. The third kappa shape index (κ3) is 15.4. The molecule has 2 aliphatic heterocycles. The topological polar surface area (TPSA) is 333 Å². The molecule has 9 atom stereocenters. The van der Waals surface area contributed by atoms with Crippen molar-refractivity contribution in [1.29, 1.82) is 0 Å². The Hall–Kier alpha value is -5.13. The van der Waals surface area contributed by atoms with Crippen molar-refractivity contribution < 1.29 is 58.5 Å². The second kappa shape index (κ2) is 26.0. The number of aliphatic carboxylic acids is 1. The van der Waals surface area contributed by atoms with Crippen molar-refractivity contribution in [2.75, 3.05) is 25.9 Å². The number of nitrogens with two attached hydrogens (primary N) is 2. The van der Waals surface area contributed by atoms with Crippen LogP contribution in [0.1, 0.15) is 103 Å². The zero-order chi connectivity index (χ0) is 50.3. The Balaban J connectivity index is 1.78. The summed E-state index contributed by atoms with van der Waals surface area (Å²) in [6, 6.07) is -3.53. The number of aliphatic hydroxyl groups excluding tert-OH is 1. The van der Waals surface area contributed by atoms with Gasteiger partial charge in [0, 0.05) is 36.9 Å². The van der Waals surface area contributed by atoms with Crippen LogP contribution >= 0.6 is 21.6 Å². The molecule has 0 aromatic heterocycles. The number of carboxylic acid groups (broad SMARTS) is 1. The van der Waals surface area contributed by atoms with Crippen molar-refractivity contribution in [3.8, 4) is 5.75 Å². The molecule has 1 aromatic carbocycles. The lowest BCUT2D eigenvalue weighted by atomic mass is 9.85. The fourth-order valence-electron chi connectivity index (χ4n) is 8.62. The van der Waals surface area contributed by atoms with Crippen LogP contribution in [0.2, 0.25) is 0 Å². The summed E-state index contributed by atoms with van der Waals surface area (Å²) in [4.78, 5) is 127. The quantitative estimate of drug-likeness (QED) is 0.108. The first kappa shape index (κ1) is 55.5. The number of hydrogen-bond donors (Lipinski definition) is 10. The maximum Gasteiger partial charge on any atom is 0.326 e. The van der Waals surface area contributed by atoms with Crippen LogP contribution in [0.4, 0.5) is 0 Å². The second-order valence-electron chi connectivity index (χ2n) is 18.1. The van der Waals surface area contributed by atoms with Crippen LogP contribution in [0.3, 0.4) is 0 Å². The van der Waals surface area contributed by atoms with E-state index in [4.69, 9.17) is 11.5 Å². The molecule has 0 bridgehead atoms. The molecule has 8 amide bonds. The minimum Gasteiger partial charge on any atom is -0.508 e. The van der Waals surface area contributed by atoms with Gasteiger partial charge in [0.2, 0.25) is 47.3 Å². The molecule has 378 valence electrons. The van der Waals surface area contributed by atoms with Gasteiger partial charge < -0.3 is 63.2 Å². The Morgan fingerprint density at radius 1 is 0.912 bits per heavy atom. The summed E-state index contributed by atoms with van der Waals surface area (Å²) in [7, 11) is 4.07. The lowest BCUT2D eigenvalue weighted by molar-refractivity contribution is -0.145. The Morgan fingerprint density at radius 3 is 2.16 bits per heavy atom. The van der Waals surface area contributed by atoms with Crippen molar-refractivity contribution in [1.82, 2.24) is 36.4 Å². The third-order valence-corrected chi connectivity index (χ3v) is 16.2. The normalized spacial score (nSPS) is 26.1. The summed E-state index contributed by atoms with van der Waals surface area (Å²) in [5, 5.41) is 43.4. The van der Waals surface area contributed by atoms with Crippen molar-refractivity contribution in [2.24, 2.45) is 17.4 Å². The molecule has 0 unspecified atom stereocenters. The third-order valence-electron chi connectivity index (χ3n) is 12.9. The van der Waals surface area contributed by atoms with Crippen LogP contribution in [0.25, 0.3) is 0 Å². The summed E-state index contributed by atoms with van der Waals surface area (Å²) in [6.45, 7) is 4.97. The molecule has 4 rings (SSSR count). The number of aliphatic hydroxyl groups is 1. The van der Waals surface area contributed by atoms with Gasteiger partial charge in [0.05, 0.1) is 12.5 Å². The average molecular weight is 992 g/mol. The number of rotatable bonds is 14. The second-order valence-corrected chi connectivity index (χ2v) is 20.9. The Kier molecular flexibility index (Phi) is 21.2. The van der Waals surface area contributed by atoms with E-state index in [0.29, 0.717) is 37.7 Å². The largest absolute Gasteiger partial charge is 0.508 e. The van der Waals surface area contributed by atoms with Gasteiger partial charge in [-0.1, -0.05) is 73.3 Å². The van der Waals surface area contributed by atoms with Gasteiger partial charge in [0.15, 0.2) is 0 Å². The van der Waals surface area contributed by atoms with E-state index in [-0.39, 0.29) is 56.2 Å². The molecular formula is C45H69N9O12S2. The number of likely N-dealkylation sites (tertiary alicyclic amines) is 1. The summed E-state index contributed by atoms with van der Waals surface area (Å²) < 4.78 is -0.699. The maximum atomic E-state index is 14.6. The molecular weight excluding hydrogens is 923 g/mol. The number of carbonyl (C=O) groups excluding carboxylic acids is 8. The fourth-order valence-corrected chi connectivity index (χ4v) is 12.0. The molecule has 3 aliphatic rings. The number of amides is 8. The molecule has 1 aromatic rings. The molecule has 21 nitrogen and oxygen atoms in total. The van der Waals surface area contributed by atoms with Gasteiger partial charge >= 0.3 is 5.97 Å². The number of phenols is 1. The van der Waals surface area contributed by atoms with Gasteiger partial charge in [-0.05, 0) is 75.6 Å². The first-order valence-corrected chi connectivity index (χ1v) is 25.6. The lowest BCUT2D eigenvalue weighted by Crippen LogP contribution is -2.63. The summed E-state index contributed by atoms with van der Waals surface area (Å²) >= 11 is 0. The summed E-state index contributed by atoms with van der Waals surface area (Å²) in [5.41, 5.74) is 11.7. The van der Waals surface area contributed by atoms with E-state index < -0.39 is 113 Å². The smallest absolute Gasteiger partial charge is 0.326 e. The number of likely N-dealkylation sites (N-methyl/N-ethyl adjacent to an activating group) is 1. The molecule has 2 heterocycles. The van der Waals surface area contributed by atoms with Gasteiger partial charge in [-0.25, -0.2) is 4.79 Å². The highest BCUT2D eigenvalue weighted by atomic mass is 33.1. The molecule has 1 aliphatic carbocycles. The highest BCUT2D eigenvalue weighted by Gasteiger charge is 2.43. The van der Waals surface area contributed by atoms with Crippen LogP contribution in [-0.4, -0.2) is 157 Å². The van der Waals surface area contributed by atoms with E-state index in [1.54, 1.807) is 26.0 Å². The molecule has 1 spiro atoms. The molecule has 23 heteroatoms. The maximum absolute atomic E-state index is 14.6. The Bertz CT molecular complexity index is 1970. The lowest BCUT2D eigenvalue weighted by Gasteiger charge is -2.38. The number of carboxylic acids is 1. The first-order chi connectivity index (χ1) is 32.2. The van der Waals surface area contributed by atoms with Gasteiger partial charge in [-0.2, -0.15) is 0 Å². The molecule has 68 heavy (non-hydrogen) atoms. The van der Waals surface area contributed by atoms with Crippen molar-refractivity contribution >= 4 is 74.8 Å². The van der Waals surface area contributed by atoms with Crippen molar-refractivity contribution in [3.05, 3.63) is 29.8 Å². The monoisotopic (exact) mass is 991 g/mol. The number of benzene rings is 1. The van der Waals surface area contributed by atoms with Crippen LogP contribution in [-0.2, 0) is 49.6 Å². The predicted molar refractivity (Wildman–Crippen MR) is 254 cm³/mol. The van der Waals surface area contributed by atoms with Gasteiger partial charge in [0.25, 0.3) is 0 Å². The van der Waals surface area contributed by atoms with Crippen LogP contribution in [0.5, 0.6) is 5.75 Å². The van der Waals surface area contributed by atoms with Crippen LogP contribution < -0.4 is 38.1 Å². The van der Waals surface area contributed by atoms with E-state index in [1.165, 1.54) is 57.5 Å². The van der Waals surface area contributed by atoms with E-state index >= 15 is 0 Å². The van der Waals surface area contributed by atoms with Crippen LogP contribution in [0, 0.1) is 5.92 Å². The van der Waals surface area contributed by atoms with Gasteiger partial charge in [0.1, 0.15) is 48.0 Å². The molecule has 2 saturated heterocycles. The average Bonchev–Trinajstić information content (AvgIpc) is 3.79. The van der Waals surface area contributed by atoms with E-state index in [0.717, 1.165) is 19.3 Å². The number of nitrogens with zero attached hydrogens (tertiary/aromatic N) is 2. The molecule has 12 N–H and O–H groups in total. The zero-order valence-corrected chi connectivity index (χ0v) is 40.8. The van der Waals surface area contributed by atoms with Gasteiger partial charge in [-0.3, -0.25) is 38.4 Å². The molecule has 1 saturated carbocycles. The van der Waals surface area contributed by atoms with Crippen LogP contribution in [0.15, 0.2) is 24.3 Å². The highest BCUT2D eigenvalue weighted by Crippen LogP contribution is 2.49. The number of carbonyl (C=O) groups is 9. The van der Waals surface area contributed by atoms with E-state index in [2.05, 4.69) is 26.6 Å². The SMILES string of the molecule is CC[C@H](C)[C@H]1NC(=O)[C@H](Cc2ccc(O)cc2)N(C)C(=O)CC2(CCCCC2)SSC[C@@H](C(=O)N2CCC[C@H]2C(=O)N[C@@H](CCCN)C(=O)O)NC(=O)[C@@H](CC(N)=O)NC(=O)[C@H]([C@@H](C)O)NC1=O. The van der Waals surface area contributed by atoms with E-state index in [1.807, 2.05) is 0 Å². The highest BCUT2D eigenvalue weighted by molar-refractivity contribution is 8.77. The number of primary amides is 1. The van der Waals surface area contributed by atoms with Crippen molar-refractivity contribution in [3.63, 3.8) is 0 Å². The molecule has 3 fully saturated rings. The van der Waals surface area contributed by atoms with E-state index in [9.17, 15) is 58.5 Å². The first-order valence-electron chi connectivity index (χ1n) is 23.3. The number of nitrogens with one attached hydrogen (secondary N) is 5. The fraction of sp³-hybridized carbons (Fsp3) is 0.667. The minimum atomic E-state index is -1.74. The van der Waals surface area contributed by atoms with Crippen molar-refractivity contribution in [2.45, 2.75) is 157 Å². The zero-order valence-electron chi connectivity index (χ0n) is 39.2. The summed E-state index contributed by atoms with van der Waals surface area (Å²) in [6.07, 6.45) is 2.62. The number of hydrogen-bond acceptors (Lipinski definition) is 14. The summed E-state index contributed by atoms with van der Waals surface area (Å²) in [5.74, 6) is -8.41. The number of phenolic OH excluding ortho intramolecular Hbond substituents is 1. The number of aromatic hydroxyl groups is 1. The standard InChI is InChI=1S/C45H69N9O12S2/c1-5-25(2)36-41(62)52-37(26(3)55)42(63)49-30(22-34(47)57)38(59)50-31(43(64)54-20-10-12-32(54)39(60)48-29(44(65)66)11-9-19-46)24-67-68-45(17-7-6-8-18-45)23-35(58)53(4)33(40(61)51-36)21-27-13-15-28(56)16-14-27/h13-16,25-26,29-33,36-37,55-56H,5-12,17-24,46H2,1-4H3,(H2,47,57)(H,48,60)(H,49,63)(H,50,59)(H,51,61)(H,52,62)(H,65,66)/t25-,26+,29-,30+,31-,32-,33-,36+,37-/m0/s1. The Labute approximate surface area is 404 Å². The predicted octanol–water partition coefficient (Wildman–Crippen LogP) is -0.209. The molecule has 0 radical (unpaired) electrons. The van der Waals surface area contributed by atoms with Gasteiger partial charge in [-0.15, -0.1) is 0 Å².